The van der Waals surface area contributed by atoms with Gasteiger partial charge in [-0.3, -0.25) is 9.78 Å². The van der Waals surface area contributed by atoms with Gasteiger partial charge in [0.15, 0.2) is 0 Å². The van der Waals surface area contributed by atoms with Gasteiger partial charge in [0.1, 0.15) is 5.82 Å². The number of anilines is 3. The number of aromatic amines is 1. The number of benzene rings is 1. The van der Waals surface area contributed by atoms with E-state index in [0.29, 0.717) is 37.7 Å². The van der Waals surface area contributed by atoms with Crippen LogP contribution in [0.4, 0.5) is 30.6 Å². The van der Waals surface area contributed by atoms with Crippen LogP contribution >= 0.6 is 11.6 Å². The third-order valence-electron chi connectivity index (χ3n) is 3.93. The van der Waals surface area contributed by atoms with Crippen LogP contribution in [0.25, 0.3) is 0 Å². The number of nitrogens with zero attached hydrogens (tertiary/aromatic N) is 3. The number of piperazine rings is 1. The van der Waals surface area contributed by atoms with Crippen LogP contribution in [0.3, 0.4) is 0 Å². The Bertz CT molecular complexity index is 831. The van der Waals surface area contributed by atoms with E-state index in [0.717, 1.165) is 12.1 Å². The lowest BCUT2D eigenvalue weighted by molar-refractivity contribution is -0.137. The molecule has 1 aromatic heterocycles. The lowest BCUT2D eigenvalue weighted by atomic mass is 10.1. The molecule has 10 heteroatoms. The molecule has 0 saturated carbocycles. The summed E-state index contributed by atoms with van der Waals surface area (Å²) in [7, 11) is 0. The van der Waals surface area contributed by atoms with E-state index in [1.165, 1.54) is 12.1 Å². The third kappa shape index (κ3) is 3.98. The van der Waals surface area contributed by atoms with E-state index in [2.05, 4.69) is 9.97 Å². The van der Waals surface area contributed by atoms with E-state index in [9.17, 15) is 18.0 Å². The Hall–Kier alpha value is -2.42. The highest BCUT2D eigenvalue weighted by molar-refractivity contribution is 6.31. The predicted molar refractivity (Wildman–Crippen MR) is 90.2 cm³/mol. The maximum Gasteiger partial charge on any atom is 0.416 e. The fourth-order valence-corrected chi connectivity index (χ4v) is 2.97. The van der Waals surface area contributed by atoms with E-state index in [1.807, 2.05) is 9.80 Å². The van der Waals surface area contributed by atoms with Crippen molar-refractivity contribution in [3.8, 4) is 0 Å². The number of rotatable bonds is 2. The maximum absolute atomic E-state index is 12.9. The van der Waals surface area contributed by atoms with Gasteiger partial charge in [-0.2, -0.15) is 18.2 Å². The number of alkyl halides is 3. The predicted octanol–water partition coefficient (Wildman–Crippen LogP) is 2.35. The molecule has 1 aromatic carbocycles. The number of nitrogens with two attached hydrogens (primary N) is 1. The van der Waals surface area contributed by atoms with Gasteiger partial charge in [-0.05, 0) is 18.2 Å². The van der Waals surface area contributed by atoms with Gasteiger partial charge in [0, 0.05) is 43.0 Å². The summed E-state index contributed by atoms with van der Waals surface area (Å²) in [6.45, 7) is 1.91. The first-order chi connectivity index (χ1) is 11.7. The zero-order valence-electron chi connectivity index (χ0n) is 13.0. The van der Waals surface area contributed by atoms with Crippen molar-refractivity contribution in [2.75, 3.05) is 41.7 Å². The van der Waals surface area contributed by atoms with Gasteiger partial charge < -0.3 is 15.5 Å². The number of hydrogen-bond acceptors (Lipinski definition) is 5. The summed E-state index contributed by atoms with van der Waals surface area (Å²) in [5.74, 6) is 0.470. The average molecular weight is 374 g/mol. The first kappa shape index (κ1) is 17.4. The summed E-state index contributed by atoms with van der Waals surface area (Å²) in [6, 6.07) is 4.85. The smallest absolute Gasteiger partial charge is 0.369 e. The minimum absolute atomic E-state index is 0.0228. The lowest BCUT2D eigenvalue weighted by Crippen LogP contribution is -2.47. The van der Waals surface area contributed by atoms with Gasteiger partial charge in [0.05, 0.1) is 5.56 Å². The highest BCUT2D eigenvalue weighted by atomic mass is 35.5. The van der Waals surface area contributed by atoms with Crippen molar-refractivity contribution in [1.82, 2.24) is 9.97 Å². The normalized spacial score (nSPS) is 15.5. The molecule has 134 valence electrons. The molecule has 25 heavy (non-hydrogen) atoms. The van der Waals surface area contributed by atoms with Crippen LogP contribution in [-0.2, 0) is 6.18 Å². The van der Waals surface area contributed by atoms with Crippen molar-refractivity contribution in [3.63, 3.8) is 0 Å². The summed E-state index contributed by atoms with van der Waals surface area (Å²) in [4.78, 5) is 21.6. The van der Waals surface area contributed by atoms with Crippen molar-refractivity contribution in [3.05, 3.63) is 45.2 Å². The molecule has 1 aliphatic heterocycles. The Labute approximate surface area is 146 Å². The second kappa shape index (κ2) is 6.47. The van der Waals surface area contributed by atoms with Gasteiger partial charge in [-0.25, -0.2) is 0 Å². The van der Waals surface area contributed by atoms with E-state index >= 15 is 0 Å². The first-order valence-corrected chi connectivity index (χ1v) is 7.85. The summed E-state index contributed by atoms with van der Waals surface area (Å²) in [5.41, 5.74) is 4.82. The molecule has 0 atom stereocenters. The molecule has 0 bridgehead atoms. The molecular formula is C15H15ClF3N5O. The van der Waals surface area contributed by atoms with Crippen molar-refractivity contribution in [2.45, 2.75) is 6.18 Å². The number of halogens is 4. The monoisotopic (exact) mass is 373 g/mol. The van der Waals surface area contributed by atoms with Crippen LogP contribution in [0, 0.1) is 0 Å². The number of nitrogen functional groups attached to an aromatic ring is 1. The number of nitrogens with one attached hydrogen (secondary N) is 1. The fraction of sp³-hybridized carbons (Fsp3) is 0.333. The van der Waals surface area contributed by atoms with Crippen molar-refractivity contribution >= 4 is 29.1 Å². The van der Waals surface area contributed by atoms with Crippen LogP contribution < -0.4 is 21.1 Å². The summed E-state index contributed by atoms with van der Waals surface area (Å²) in [5, 5.41) is 0.0382. The molecule has 0 spiro atoms. The van der Waals surface area contributed by atoms with Gasteiger partial charge >= 0.3 is 6.18 Å². The Balaban J connectivity index is 1.76. The molecular weight excluding hydrogens is 359 g/mol. The van der Waals surface area contributed by atoms with Crippen LogP contribution in [0.5, 0.6) is 0 Å². The molecule has 2 heterocycles. The Morgan fingerprint density at radius 3 is 2.32 bits per heavy atom. The largest absolute Gasteiger partial charge is 0.416 e. The second-order valence-corrected chi connectivity index (χ2v) is 6.10. The molecule has 3 N–H and O–H groups in total. The van der Waals surface area contributed by atoms with E-state index in [-0.39, 0.29) is 16.5 Å². The Morgan fingerprint density at radius 1 is 1.08 bits per heavy atom. The first-order valence-electron chi connectivity index (χ1n) is 7.47. The summed E-state index contributed by atoms with van der Waals surface area (Å²) >= 11 is 5.84. The van der Waals surface area contributed by atoms with E-state index < -0.39 is 11.7 Å². The van der Waals surface area contributed by atoms with Gasteiger partial charge in [0.2, 0.25) is 5.95 Å². The zero-order chi connectivity index (χ0) is 18.2. The molecule has 6 nitrogen and oxygen atoms in total. The summed E-state index contributed by atoms with van der Waals surface area (Å²) < 4.78 is 38.8. The fourth-order valence-electron chi connectivity index (χ4n) is 2.74. The highest BCUT2D eigenvalue weighted by Gasteiger charge is 2.32. The lowest BCUT2D eigenvalue weighted by Gasteiger charge is -2.37. The zero-order valence-corrected chi connectivity index (χ0v) is 13.7. The minimum Gasteiger partial charge on any atom is -0.369 e. The standard InChI is InChI=1S/C15H15ClF3N5O/c16-10-5-9(15(17,18)19)6-11(7-10)23-1-3-24(4-2-23)12-8-13(25)22-14(20)21-12/h5-8H,1-4H2,(H3,20,21,22,25). The van der Waals surface area contributed by atoms with Crippen LogP contribution in [0.2, 0.25) is 5.02 Å². The molecule has 0 aliphatic carbocycles. The average Bonchev–Trinajstić information content (AvgIpc) is 2.53. The quantitative estimate of drug-likeness (QED) is 0.845. The van der Waals surface area contributed by atoms with Crippen LogP contribution in [0.15, 0.2) is 29.1 Å². The Kier molecular flexibility index (Phi) is 4.51. The topological polar surface area (TPSA) is 78.2 Å². The number of H-pyrrole nitrogens is 1. The SMILES string of the molecule is Nc1nc(N2CCN(c3cc(Cl)cc(C(F)(F)F)c3)CC2)cc(=O)[nH]1. The van der Waals surface area contributed by atoms with Gasteiger partial charge in [-0.1, -0.05) is 11.6 Å². The van der Waals surface area contributed by atoms with E-state index in [1.54, 1.807) is 0 Å². The maximum atomic E-state index is 12.9. The Morgan fingerprint density at radius 2 is 1.72 bits per heavy atom. The minimum atomic E-state index is -4.45. The van der Waals surface area contributed by atoms with Crippen molar-refractivity contribution in [2.24, 2.45) is 0 Å². The molecule has 1 fully saturated rings. The molecule has 3 rings (SSSR count). The van der Waals surface area contributed by atoms with Crippen LogP contribution in [-0.4, -0.2) is 36.1 Å². The van der Waals surface area contributed by atoms with Gasteiger partial charge in [-0.15, -0.1) is 0 Å². The molecule has 1 aliphatic rings. The van der Waals surface area contributed by atoms with Gasteiger partial charge in [0.25, 0.3) is 5.56 Å². The second-order valence-electron chi connectivity index (χ2n) is 5.66. The van der Waals surface area contributed by atoms with Crippen molar-refractivity contribution < 1.29 is 13.2 Å². The molecule has 1 saturated heterocycles. The number of hydrogen-bond donors (Lipinski definition) is 2. The molecule has 0 unspecified atom stereocenters. The molecule has 0 radical (unpaired) electrons. The molecule has 2 aromatic rings. The summed E-state index contributed by atoms with van der Waals surface area (Å²) in [6.07, 6.45) is -4.45. The molecule has 0 amide bonds. The van der Waals surface area contributed by atoms with Crippen LogP contribution in [0.1, 0.15) is 5.56 Å². The third-order valence-corrected chi connectivity index (χ3v) is 4.14. The number of aromatic nitrogens is 2. The highest BCUT2D eigenvalue weighted by Crippen LogP contribution is 2.34. The van der Waals surface area contributed by atoms with E-state index in [4.69, 9.17) is 17.3 Å². The van der Waals surface area contributed by atoms with Crippen molar-refractivity contribution in [1.29, 1.82) is 0 Å².